The Kier molecular flexibility index (Phi) is 6.71. The first-order valence-corrected chi connectivity index (χ1v) is 7.24. The molecule has 0 aliphatic carbocycles. The van der Waals surface area contributed by atoms with E-state index in [1.165, 1.54) is 6.33 Å². The molecule has 2 unspecified atom stereocenters. The number of nitrogens with zero attached hydrogens (tertiary/aromatic N) is 1. The number of aromatic amines is 1. The third-order valence-corrected chi connectivity index (χ3v) is 3.70. The summed E-state index contributed by atoms with van der Waals surface area (Å²) in [5, 5.41) is 14.5. The summed E-state index contributed by atoms with van der Waals surface area (Å²) < 4.78 is 0. The maximum atomic E-state index is 11.9. The maximum absolute atomic E-state index is 11.9. The van der Waals surface area contributed by atoms with Gasteiger partial charge in [-0.3, -0.25) is 0 Å². The molecule has 1 rings (SSSR count). The van der Waals surface area contributed by atoms with Crippen LogP contribution in [-0.4, -0.2) is 39.2 Å². The molecule has 1 aromatic rings. The second kappa shape index (κ2) is 8.28. The minimum absolute atomic E-state index is 0.00148. The lowest BCUT2D eigenvalue weighted by Crippen LogP contribution is -2.50. The highest BCUT2D eigenvalue weighted by atomic mass is 16.4. The van der Waals surface area contributed by atoms with Crippen LogP contribution in [0.25, 0.3) is 0 Å². The number of urea groups is 1. The van der Waals surface area contributed by atoms with Crippen LogP contribution in [0.1, 0.15) is 39.3 Å². The standard InChI is InChI=1S/C14H24N4O3/c1-4-10(5-2)9(3)17-14(21)18-12(13(19)20)6-11-7-15-8-16-11/h7-10,12H,4-6H2,1-3H3,(H,15,16)(H,19,20)(H2,17,18,21). The molecule has 0 radical (unpaired) electrons. The van der Waals surface area contributed by atoms with Crippen LogP contribution in [0.4, 0.5) is 4.79 Å². The Labute approximate surface area is 124 Å². The molecule has 7 heteroatoms. The van der Waals surface area contributed by atoms with Gasteiger partial charge >= 0.3 is 12.0 Å². The van der Waals surface area contributed by atoms with Crippen molar-refractivity contribution in [2.24, 2.45) is 5.92 Å². The number of hydrogen-bond acceptors (Lipinski definition) is 3. The molecule has 2 amide bonds. The molecule has 4 N–H and O–H groups in total. The summed E-state index contributed by atoms with van der Waals surface area (Å²) in [6.45, 7) is 6.08. The number of nitrogens with one attached hydrogen (secondary N) is 3. The Morgan fingerprint density at radius 2 is 2.00 bits per heavy atom. The van der Waals surface area contributed by atoms with Crippen molar-refractivity contribution in [3.8, 4) is 0 Å². The fourth-order valence-electron chi connectivity index (χ4n) is 2.34. The number of hydrogen-bond donors (Lipinski definition) is 4. The van der Waals surface area contributed by atoms with E-state index < -0.39 is 18.0 Å². The number of amides is 2. The average Bonchev–Trinajstić information content (AvgIpc) is 2.92. The summed E-state index contributed by atoms with van der Waals surface area (Å²) >= 11 is 0. The van der Waals surface area contributed by atoms with Crippen LogP contribution in [0.2, 0.25) is 0 Å². The van der Waals surface area contributed by atoms with Gasteiger partial charge in [-0.1, -0.05) is 26.7 Å². The first kappa shape index (κ1) is 17.0. The van der Waals surface area contributed by atoms with E-state index in [1.54, 1.807) is 6.20 Å². The topological polar surface area (TPSA) is 107 Å². The van der Waals surface area contributed by atoms with Crippen LogP contribution >= 0.6 is 0 Å². The van der Waals surface area contributed by atoms with E-state index in [9.17, 15) is 14.7 Å². The Bertz CT molecular complexity index is 443. The number of carboxylic acid groups (broad SMARTS) is 1. The van der Waals surface area contributed by atoms with Gasteiger partial charge in [0, 0.05) is 24.4 Å². The lowest BCUT2D eigenvalue weighted by molar-refractivity contribution is -0.139. The van der Waals surface area contributed by atoms with Crippen LogP contribution in [0, 0.1) is 5.92 Å². The number of imidazole rings is 1. The summed E-state index contributed by atoms with van der Waals surface area (Å²) in [7, 11) is 0. The zero-order valence-electron chi connectivity index (χ0n) is 12.7. The quantitative estimate of drug-likeness (QED) is 0.583. The van der Waals surface area contributed by atoms with Crippen molar-refractivity contribution in [2.45, 2.75) is 52.1 Å². The Morgan fingerprint density at radius 3 is 2.48 bits per heavy atom. The second-order valence-electron chi connectivity index (χ2n) is 5.15. The molecular formula is C14H24N4O3. The molecule has 7 nitrogen and oxygen atoms in total. The van der Waals surface area contributed by atoms with Crippen LogP contribution in [0.15, 0.2) is 12.5 Å². The van der Waals surface area contributed by atoms with Crippen molar-refractivity contribution < 1.29 is 14.7 Å². The number of aliphatic carboxylic acids is 1. The molecule has 0 aliphatic heterocycles. The van der Waals surface area contributed by atoms with E-state index in [-0.39, 0.29) is 12.5 Å². The number of aromatic nitrogens is 2. The molecule has 0 aromatic carbocycles. The summed E-state index contributed by atoms with van der Waals surface area (Å²) in [6, 6.07) is -1.44. The van der Waals surface area contributed by atoms with Crippen LogP contribution < -0.4 is 10.6 Å². The number of carboxylic acids is 1. The summed E-state index contributed by atoms with van der Waals surface area (Å²) in [5.41, 5.74) is 0.663. The fraction of sp³-hybridized carbons (Fsp3) is 0.643. The van der Waals surface area contributed by atoms with Crippen molar-refractivity contribution in [1.29, 1.82) is 0 Å². The number of rotatable bonds is 8. The molecule has 1 aromatic heterocycles. The summed E-state index contributed by atoms with van der Waals surface area (Å²) in [5.74, 6) is -0.693. The van der Waals surface area contributed by atoms with Crippen LogP contribution in [0.3, 0.4) is 0 Å². The van der Waals surface area contributed by atoms with Crippen LogP contribution in [-0.2, 0) is 11.2 Å². The predicted octanol–water partition coefficient (Wildman–Crippen LogP) is 1.53. The number of carbonyl (C=O) groups excluding carboxylic acids is 1. The second-order valence-corrected chi connectivity index (χ2v) is 5.15. The highest BCUT2D eigenvalue weighted by Crippen LogP contribution is 2.12. The molecule has 0 bridgehead atoms. The molecule has 0 saturated carbocycles. The molecule has 0 fully saturated rings. The molecule has 0 spiro atoms. The van der Waals surface area contributed by atoms with Gasteiger partial charge in [-0.2, -0.15) is 0 Å². The third-order valence-electron chi connectivity index (χ3n) is 3.70. The SMILES string of the molecule is CCC(CC)C(C)NC(=O)NC(Cc1cnc[nH]1)C(=O)O. The van der Waals surface area contributed by atoms with Gasteiger partial charge in [0.15, 0.2) is 0 Å². The molecule has 2 atom stereocenters. The first-order chi connectivity index (χ1) is 9.97. The van der Waals surface area contributed by atoms with Gasteiger partial charge in [0.2, 0.25) is 0 Å². The van der Waals surface area contributed by atoms with E-state index in [4.69, 9.17) is 0 Å². The normalized spacial score (nSPS) is 13.7. The third kappa shape index (κ3) is 5.45. The van der Waals surface area contributed by atoms with Gasteiger partial charge in [-0.05, 0) is 12.8 Å². The highest BCUT2D eigenvalue weighted by molar-refractivity contribution is 5.82. The highest BCUT2D eigenvalue weighted by Gasteiger charge is 2.23. The Morgan fingerprint density at radius 1 is 1.33 bits per heavy atom. The van der Waals surface area contributed by atoms with Gasteiger partial charge < -0.3 is 20.7 Å². The van der Waals surface area contributed by atoms with Gasteiger partial charge in [-0.25, -0.2) is 14.6 Å². The van der Waals surface area contributed by atoms with E-state index in [1.807, 2.05) is 6.92 Å². The van der Waals surface area contributed by atoms with Crippen molar-refractivity contribution in [1.82, 2.24) is 20.6 Å². The lowest BCUT2D eigenvalue weighted by Gasteiger charge is -2.23. The van der Waals surface area contributed by atoms with Gasteiger partial charge in [0.1, 0.15) is 6.04 Å². The molecule has 1 heterocycles. The van der Waals surface area contributed by atoms with E-state index in [0.29, 0.717) is 11.6 Å². The molecular weight excluding hydrogens is 272 g/mol. The monoisotopic (exact) mass is 296 g/mol. The minimum Gasteiger partial charge on any atom is -0.480 e. The van der Waals surface area contributed by atoms with Gasteiger partial charge in [0.25, 0.3) is 0 Å². The predicted molar refractivity (Wildman–Crippen MR) is 78.9 cm³/mol. The Hall–Kier alpha value is -2.05. The lowest BCUT2D eigenvalue weighted by atomic mass is 9.96. The summed E-state index contributed by atoms with van der Waals surface area (Å²) in [4.78, 5) is 29.8. The number of carbonyl (C=O) groups is 2. The van der Waals surface area contributed by atoms with Crippen molar-refractivity contribution in [3.63, 3.8) is 0 Å². The zero-order chi connectivity index (χ0) is 15.8. The average molecular weight is 296 g/mol. The molecule has 0 aliphatic rings. The first-order valence-electron chi connectivity index (χ1n) is 7.24. The smallest absolute Gasteiger partial charge is 0.326 e. The van der Waals surface area contributed by atoms with Crippen molar-refractivity contribution in [2.75, 3.05) is 0 Å². The molecule has 118 valence electrons. The Balaban J connectivity index is 2.54. The number of H-pyrrole nitrogens is 1. The van der Waals surface area contributed by atoms with E-state index in [0.717, 1.165) is 12.8 Å². The van der Waals surface area contributed by atoms with Gasteiger partial charge in [-0.15, -0.1) is 0 Å². The minimum atomic E-state index is -1.07. The largest absolute Gasteiger partial charge is 0.480 e. The van der Waals surface area contributed by atoms with Crippen LogP contribution in [0.5, 0.6) is 0 Å². The van der Waals surface area contributed by atoms with E-state index >= 15 is 0 Å². The van der Waals surface area contributed by atoms with E-state index in [2.05, 4.69) is 34.4 Å². The maximum Gasteiger partial charge on any atom is 0.326 e. The van der Waals surface area contributed by atoms with Crippen molar-refractivity contribution in [3.05, 3.63) is 18.2 Å². The van der Waals surface area contributed by atoms with Gasteiger partial charge in [0.05, 0.1) is 6.33 Å². The molecule has 21 heavy (non-hydrogen) atoms. The summed E-state index contributed by atoms with van der Waals surface area (Å²) in [6.07, 6.45) is 5.12. The van der Waals surface area contributed by atoms with Crippen molar-refractivity contribution >= 4 is 12.0 Å². The fourth-order valence-corrected chi connectivity index (χ4v) is 2.34. The zero-order valence-corrected chi connectivity index (χ0v) is 12.7. The molecule has 0 saturated heterocycles.